The van der Waals surface area contributed by atoms with E-state index in [0.29, 0.717) is 5.92 Å². The number of hydrogen-bond acceptors (Lipinski definition) is 2. The molecule has 22 heavy (non-hydrogen) atoms. The van der Waals surface area contributed by atoms with Gasteiger partial charge in [-0.2, -0.15) is 0 Å². The summed E-state index contributed by atoms with van der Waals surface area (Å²) in [5.41, 5.74) is 6.86. The van der Waals surface area contributed by atoms with Crippen LogP contribution >= 0.6 is 0 Å². The van der Waals surface area contributed by atoms with E-state index in [-0.39, 0.29) is 0 Å². The molecule has 1 saturated heterocycles. The van der Waals surface area contributed by atoms with E-state index in [2.05, 4.69) is 45.2 Å². The molecule has 110 valence electrons. The van der Waals surface area contributed by atoms with Crippen LogP contribution < -0.4 is 0 Å². The number of benzene rings is 1. The minimum Gasteiger partial charge on any atom is -0.357 e. The molecular weight excluding hydrogens is 270 g/mol. The minimum absolute atomic E-state index is 0.714. The lowest BCUT2D eigenvalue weighted by molar-refractivity contribution is 0.220. The molecule has 0 atom stereocenters. The van der Waals surface area contributed by atoms with Crippen LogP contribution in [0.1, 0.15) is 30.0 Å². The Bertz CT molecular complexity index is 827. The maximum absolute atomic E-state index is 4.14. The summed E-state index contributed by atoms with van der Waals surface area (Å²) in [5.74, 6) is 0.714. The first-order valence-electron chi connectivity index (χ1n) is 8.16. The zero-order chi connectivity index (χ0) is 14.5. The molecule has 1 N–H and O–H groups in total. The van der Waals surface area contributed by atoms with Crippen LogP contribution in [0.25, 0.3) is 22.0 Å². The quantitative estimate of drug-likeness (QED) is 0.736. The van der Waals surface area contributed by atoms with E-state index >= 15 is 0 Å². The van der Waals surface area contributed by atoms with Gasteiger partial charge in [-0.1, -0.05) is 18.2 Å². The molecule has 0 radical (unpaired) electrons. The number of rotatable bonds is 1. The first-order valence-corrected chi connectivity index (χ1v) is 8.16. The molecule has 3 aromatic rings. The van der Waals surface area contributed by atoms with E-state index < -0.39 is 0 Å². The molecule has 2 bridgehead atoms. The Kier molecular flexibility index (Phi) is 2.64. The molecule has 5 heterocycles. The number of nitrogens with zero attached hydrogens (tertiary/aromatic N) is 2. The van der Waals surface area contributed by atoms with Crippen LogP contribution in [0.5, 0.6) is 0 Å². The lowest BCUT2D eigenvalue weighted by atomic mass is 9.94. The first kappa shape index (κ1) is 12.4. The van der Waals surface area contributed by atoms with Crippen molar-refractivity contribution in [3.05, 3.63) is 54.0 Å². The average Bonchev–Trinajstić information content (AvgIpc) is 2.76. The van der Waals surface area contributed by atoms with Gasteiger partial charge in [0.05, 0.1) is 5.52 Å². The van der Waals surface area contributed by atoms with Crippen molar-refractivity contribution in [2.75, 3.05) is 13.1 Å². The fourth-order valence-electron chi connectivity index (χ4n) is 4.19. The lowest BCUT2D eigenvalue weighted by Gasteiger charge is -2.26. The Morgan fingerprint density at radius 1 is 1.05 bits per heavy atom. The molecule has 1 fully saturated rings. The third kappa shape index (κ3) is 1.75. The summed E-state index contributed by atoms with van der Waals surface area (Å²) in [6, 6.07) is 10.9. The van der Waals surface area contributed by atoms with Crippen molar-refractivity contribution >= 4 is 10.9 Å². The number of hydrogen-bond donors (Lipinski definition) is 1. The second-order valence-electron chi connectivity index (χ2n) is 6.53. The topological polar surface area (TPSA) is 31.9 Å². The molecule has 0 amide bonds. The molecule has 0 saturated carbocycles. The molecule has 0 unspecified atom stereocenters. The number of aromatic nitrogens is 2. The van der Waals surface area contributed by atoms with Crippen molar-refractivity contribution in [3.63, 3.8) is 0 Å². The van der Waals surface area contributed by atoms with Crippen LogP contribution in [0.3, 0.4) is 0 Å². The van der Waals surface area contributed by atoms with Gasteiger partial charge >= 0.3 is 0 Å². The molecule has 6 rings (SSSR count). The number of nitrogens with one attached hydrogen (secondary N) is 1. The Morgan fingerprint density at radius 3 is 2.68 bits per heavy atom. The van der Waals surface area contributed by atoms with Crippen LogP contribution in [-0.4, -0.2) is 28.0 Å². The van der Waals surface area contributed by atoms with Gasteiger partial charge in [0.25, 0.3) is 0 Å². The average molecular weight is 289 g/mol. The standard InChI is InChI=1S/C19H19N3/c1-2-15(13-4-8-20-9-5-13)19-16(3-1)17-12-22-10-6-14(7-11-22)18(17)21-19/h1-5,8-9,14,21H,6-7,10-12H2. The molecule has 2 aromatic heterocycles. The molecule has 3 heteroatoms. The van der Waals surface area contributed by atoms with Gasteiger partial charge in [0, 0.05) is 41.5 Å². The van der Waals surface area contributed by atoms with Crippen LogP contribution in [0.15, 0.2) is 42.7 Å². The van der Waals surface area contributed by atoms with Gasteiger partial charge < -0.3 is 4.98 Å². The van der Waals surface area contributed by atoms with Crippen molar-refractivity contribution < 1.29 is 0 Å². The number of H-pyrrole nitrogens is 1. The highest BCUT2D eigenvalue weighted by molar-refractivity contribution is 5.97. The Balaban J connectivity index is 1.76. The third-order valence-electron chi connectivity index (χ3n) is 5.34. The second kappa shape index (κ2) is 4.68. The van der Waals surface area contributed by atoms with E-state index in [0.717, 1.165) is 6.54 Å². The largest absolute Gasteiger partial charge is 0.357 e. The summed E-state index contributed by atoms with van der Waals surface area (Å²) in [4.78, 5) is 10.6. The highest BCUT2D eigenvalue weighted by Gasteiger charge is 2.30. The predicted molar refractivity (Wildman–Crippen MR) is 88.8 cm³/mol. The van der Waals surface area contributed by atoms with Crippen LogP contribution in [0.4, 0.5) is 0 Å². The zero-order valence-electron chi connectivity index (χ0n) is 12.5. The van der Waals surface area contributed by atoms with E-state index in [1.807, 2.05) is 12.4 Å². The SMILES string of the molecule is c1cc(-c2ccncc2)c2[nH]c3c(c2c1)CN1CCC3CC1. The Morgan fingerprint density at radius 2 is 1.86 bits per heavy atom. The van der Waals surface area contributed by atoms with Gasteiger partial charge in [0.2, 0.25) is 0 Å². The summed E-state index contributed by atoms with van der Waals surface area (Å²) in [6.45, 7) is 3.60. The second-order valence-corrected chi connectivity index (χ2v) is 6.53. The van der Waals surface area contributed by atoms with E-state index in [1.54, 1.807) is 0 Å². The van der Waals surface area contributed by atoms with Gasteiger partial charge in [-0.25, -0.2) is 0 Å². The van der Waals surface area contributed by atoms with E-state index in [1.165, 1.54) is 59.2 Å². The molecular formula is C19H19N3. The predicted octanol–water partition coefficient (Wildman–Crippen LogP) is 3.92. The highest BCUT2D eigenvalue weighted by atomic mass is 15.1. The minimum atomic E-state index is 0.714. The number of fused-ring (bicyclic) bond motifs is 3. The summed E-state index contributed by atoms with van der Waals surface area (Å²) in [7, 11) is 0. The fraction of sp³-hybridized carbons (Fsp3) is 0.316. The summed E-state index contributed by atoms with van der Waals surface area (Å²) < 4.78 is 0. The van der Waals surface area contributed by atoms with Crippen LogP contribution in [0, 0.1) is 0 Å². The van der Waals surface area contributed by atoms with E-state index in [4.69, 9.17) is 0 Å². The maximum atomic E-state index is 4.14. The fourth-order valence-corrected chi connectivity index (χ4v) is 4.19. The summed E-state index contributed by atoms with van der Waals surface area (Å²) >= 11 is 0. The normalized spacial score (nSPS) is 23.5. The lowest BCUT2D eigenvalue weighted by Crippen LogP contribution is -2.28. The van der Waals surface area contributed by atoms with Crippen molar-refractivity contribution in [3.8, 4) is 11.1 Å². The van der Waals surface area contributed by atoms with E-state index in [9.17, 15) is 0 Å². The smallest absolute Gasteiger partial charge is 0.0539 e. The monoisotopic (exact) mass is 289 g/mol. The number of aromatic amines is 1. The maximum Gasteiger partial charge on any atom is 0.0539 e. The number of para-hydroxylation sites is 1. The summed E-state index contributed by atoms with van der Waals surface area (Å²) in [6.07, 6.45) is 6.33. The van der Waals surface area contributed by atoms with Crippen molar-refractivity contribution in [2.24, 2.45) is 0 Å². The van der Waals surface area contributed by atoms with Crippen LogP contribution in [0.2, 0.25) is 0 Å². The molecule has 3 aliphatic rings. The van der Waals surface area contributed by atoms with Gasteiger partial charge in [0.1, 0.15) is 0 Å². The highest BCUT2D eigenvalue weighted by Crippen LogP contribution is 2.40. The van der Waals surface area contributed by atoms with Crippen LogP contribution in [-0.2, 0) is 6.54 Å². The first-order chi connectivity index (χ1) is 10.9. The molecule has 1 aromatic carbocycles. The number of pyridine rings is 1. The van der Waals surface area contributed by atoms with Crippen molar-refractivity contribution in [1.29, 1.82) is 0 Å². The van der Waals surface area contributed by atoms with Crippen molar-refractivity contribution in [1.82, 2.24) is 14.9 Å². The Labute approximate surface area is 130 Å². The van der Waals surface area contributed by atoms with Gasteiger partial charge in [0.15, 0.2) is 0 Å². The number of piperidine rings is 1. The summed E-state index contributed by atoms with van der Waals surface area (Å²) in [5, 5.41) is 1.41. The molecule has 0 aliphatic carbocycles. The van der Waals surface area contributed by atoms with Gasteiger partial charge in [-0.05, 0) is 49.2 Å². The van der Waals surface area contributed by atoms with Crippen molar-refractivity contribution in [2.45, 2.75) is 25.3 Å². The molecule has 3 aliphatic heterocycles. The molecule has 0 spiro atoms. The van der Waals surface area contributed by atoms with Gasteiger partial charge in [-0.15, -0.1) is 0 Å². The molecule has 3 nitrogen and oxygen atoms in total. The van der Waals surface area contributed by atoms with Gasteiger partial charge in [-0.3, -0.25) is 9.88 Å². The third-order valence-corrected chi connectivity index (χ3v) is 5.34. The zero-order valence-corrected chi connectivity index (χ0v) is 12.5. The Hall–Kier alpha value is -2.13.